The van der Waals surface area contributed by atoms with Gasteiger partial charge in [-0.2, -0.15) is 0 Å². The molecule has 1 atom stereocenters. The quantitative estimate of drug-likeness (QED) is 0.148. The van der Waals surface area contributed by atoms with Gasteiger partial charge >= 0.3 is 17.1 Å². The monoisotopic (exact) mass is 339 g/mol. The number of aromatic amines is 2. The van der Waals surface area contributed by atoms with Gasteiger partial charge in [-0.1, -0.05) is 0 Å². The second kappa shape index (κ2) is 6.19. The van der Waals surface area contributed by atoms with Crippen LogP contribution in [-0.2, 0) is 11.3 Å². The van der Waals surface area contributed by atoms with Gasteiger partial charge in [0.15, 0.2) is 5.66 Å². The maximum absolute atomic E-state index is 11.5. The fraction of sp³-hybridized carbons (Fsp3) is 0.250. The normalized spacial score (nSPS) is 13.6. The zero-order valence-corrected chi connectivity index (χ0v) is 12.0. The number of nitrogens with two attached hydrogens (primary N) is 1. The summed E-state index contributed by atoms with van der Waals surface area (Å²) >= 11 is 0. The standard InChI is InChI=1S/C12H13N5O7/c13-12(4-18,11(21)22)14-3-5-1-6(17(23)24)2-7-8(5)16-10(20)9(19)15-7/h1-2,14,18H,3-4,13H2,(H,15,19)(H,16,20)(H,21,22)/t12-/m0/s1. The second-order valence-electron chi connectivity index (χ2n) is 4.98. The molecule has 0 bridgehead atoms. The van der Waals surface area contributed by atoms with Gasteiger partial charge in [-0.05, 0) is 5.56 Å². The molecule has 128 valence electrons. The number of carboxylic acids is 1. The Morgan fingerprint density at radius 3 is 2.50 bits per heavy atom. The number of benzene rings is 1. The lowest BCUT2D eigenvalue weighted by atomic mass is 10.1. The first-order valence-electron chi connectivity index (χ1n) is 6.49. The molecule has 12 heteroatoms. The fourth-order valence-electron chi connectivity index (χ4n) is 1.98. The molecule has 24 heavy (non-hydrogen) atoms. The minimum absolute atomic E-state index is 0.00690. The number of H-pyrrole nitrogens is 2. The zero-order chi connectivity index (χ0) is 18.1. The van der Waals surface area contributed by atoms with Crippen LogP contribution in [0.4, 0.5) is 5.69 Å². The van der Waals surface area contributed by atoms with Gasteiger partial charge in [0, 0.05) is 18.7 Å². The molecule has 2 rings (SSSR count). The van der Waals surface area contributed by atoms with E-state index in [0.717, 1.165) is 12.1 Å². The third kappa shape index (κ3) is 3.15. The molecule has 0 aliphatic heterocycles. The summed E-state index contributed by atoms with van der Waals surface area (Å²) in [6.45, 7) is -1.27. The van der Waals surface area contributed by atoms with Crippen LogP contribution in [0.5, 0.6) is 0 Å². The van der Waals surface area contributed by atoms with E-state index in [1.807, 2.05) is 0 Å². The largest absolute Gasteiger partial charge is 0.479 e. The number of aliphatic hydroxyl groups excluding tert-OH is 1. The summed E-state index contributed by atoms with van der Waals surface area (Å²) in [7, 11) is 0. The first kappa shape index (κ1) is 17.3. The Hall–Kier alpha value is -3.09. The minimum Gasteiger partial charge on any atom is -0.479 e. The molecule has 1 aromatic carbocycles. The highest BCUT2D eigenvalue weighted by Gasteiger charge is 2.33. The van der Waals surface area contributed by atoms with Crippen molar-refractivity contribution in [1.29, 1.82) is 0 Å². The number of aromatic nitrogens is 2. The highest BCUT2D eigenvalue weighted by Crippen LogP contribution is 2.21. The van der Waals surface area contributed by atoms with Crippen molar-refractivity contribution in [3.05, 3.63) is 48.5 Å². The van der Waals surface area contributed by atoms with Crippen LogP contribution in [0.25, 0.3) is 11.0 Å². The van der Waals surface area contributed by atoms with E-state index in [1.165, 1.54) is 0 Å². The number of hydrogen-bond donors (Lipinski definition) is 6. The summed E-state index contributed by atoms with van der Waals surface area (Å²) in [5.74, 6) is -1.54. The van der Waals surface area contributed by atoms with Crippen LogP contribution < -0.4 is 22.2 Å². The molecule has 0 aliphatic rings. The van der Waals surface area contributed by atoms with Gasteiger partial charge in [0.05, 0.1) is 22.6 Å². The maximum atomic E-state index is 11.5. The molecule has 0 spiro atoms. The Balaban J connectivity index is 2.57. The zero-order valence-electron chi connectivity index (χ0n) is 12.0. The lowest BCUT2D eigenvalue weighted by Gasteiger charge is -2.23. The van der Waals surface area contributed by atoms with Gasteiger partial charge in [0.2, 0.25) is 0 Å². The predicted molar refractivity (Wildman–Crippen MR) is 80.3 cm³/mol. The molecule has 0 aliphatic carbocycles. The van der Waals surface area contributed by atoms with Crippen LogP contribution in [-0.4, -0.2) is 43.3 Å². The number of rotatable bonds is 6. The number of fused-ring (bicyclic) bond motifs is 1. The number of aliphatic hydroxyl groups is 1. The maximum Gasteiger partial charge on any atom is 0.341 e. The Morgan fingerprint density at radius 1 is 1.33 bits per heavy atom. The number of carboxylic acid groups (broad SMARTS) is 1. The average Bonchev–Trinajstić information content (AvgIpc) is 2.53. The first-order chi connectivity index (χ1) is 11.2. The summed E-state index contributed by atoms with van der Waals surface area (Å²) in [5, 5.41) is 31.4. The minimum atomic E-state index is -2.18. The molecular formula is C12H13N5O7. The van der Waals surface area contributed by atoms with Gasteiger partial charge < -0.3 is 25.9 Å². The third-order valence-electron chi connectivity index (χ3n) is 3.33. The highest BCUT2D eigenvalue weighted by molar-refractivity contribution is 5.81. The number of carbonyl (C=O) groups is 1. The van der Waals surface area contributed by atoms with Gasteiger partial charge in [0.1, 0.15) is 0 Å². The Kier molecular flexibility index (Phi) is 4.45. The van der Waals surface area contributed by atoms with Crippen LogP contribution in [0, 0.1) is 10.1 Å². The molecule has 1 heterocycles. The van der Waals surface area contributed by atoms with Crippen molar-refractivity contribution in [2.24, 2.45) is 5.73 Å². The van der Waals surface area contributed by atoms with Crippen molar-refractivity contribution >= 4 is 22.7 Å². The van der Waals surface area contributed by atoms with Gasteiger partial charge in [-0.3, -0.25) is 25.0 Å². The van der Waals surface area contributed by atoms with E-state index >= 15 is 0 Å². The highest BCUT2D eigenvalue weighted by atomic mass is 16.6. The Morgan fingerprint density at radius 2 is 1.96 bits per heavy atom. The van der Waals surface area contributed by atoms with E-state index in [2.05, 4.69) is 15.3 Å². The van der Waals surface area contributed by atoms with Crippen molar-refractivity contribution in [2.45, 2.75) is 12.2 Å². The van der Waals surface area contributed by atoms with Crippen LogP contribution in [0.2, 0.25) is 0 Å². The van der Waals surface area contributed by atoms with E-state index in [4.69, 9.17) is 15.9 Å². The average molecular weight is 339 g/mol. The number of nitro groups is 1. The molecule has 7 N–H and O–H groups in total. The number of aliphatic carboxylic acids is 1. The molecule has 0 saturated heterocycles. The molecule has 0 fully saturated rings. The number of hydrogen-bond acceptors (Lipinski definition) is 8. The molecule has 0 amide bonds. The number of non-ortho nitro benzene ring substituents is 1. The number of nitrogens with one attached hydrogen (secondary N) is 3. The third-order valence-corrected chi connectivity index (χ3v) is 3.33. The van der Waals surface area contributed by atoms with Crippen LogP contribution >= 0.6 is 0 Å². The van der Waals surface area contributed by atoms with E-state index in [0.29, 0.717) is 0 Å². The van der Waals surface area contributed by atoms with E-state index < -0.39 is 34.3 Å². The van der Waals surface area contributed by atoms with Gasteiger partial charge in [-0.25, -0.2) is 4.79 Å². The van der Waals surface area contributed by atoms with Crippen molar-refractivity contribution in [1.82, 2.24) is 15.3 Å². The number of nitro benzene ring substituents is 1. The summed E-state index contributed by atoms with van der Waals surface area (Å²) in [6, 6.07) is 2.14. The van der Waals surface area contributed by atoms with Crippen molar-refractivity contribution in [3.8, 4) is 0 Å². The van der Waals surface area contributed by atoms with Crippen LogP contribution in [0.3, 0.4) is 0 Å². The van der Waals surface area contributed by atoms with Crippen molar-refractivity contribution in [3.63, 3.8) is 0 Å². The molecule has 12 nitrogen and oxygen atoms in total. The molecule has 0 unspecified atom stereocenters. The first-order valence-corrected chi connectivity index (χ1v) is 6.49. The van der Waals surface area contributed by atoms with E-state index in [-0.39, 0.29) is 28.8 Å². The molecular weight excluding hydrogens is 326 g/mol. The van der Waals surface area contributed by atoms with E-state index in [1.54, 1.807) is 0 Å². The summed E-state index contributed by atoms with van der Waals surface area (Å²) in [6.07, 6.45) is 0. The smallest absolute Gasteiger partial charge is 0.341 e. The van der Waals surface area contributed by atoms with Crippen LogP contribution in [0.15, 0.2) is 21.7 Å². The van der Waals surface area contributed by atoms with Crippen molar-refractivity contribution < 1.29 is 19.9 Å². The molecule has 0 radical (unpaired) electrons. The van der Waals surface area contributed by atoms with Gasteiger partial charge in [0.25, 0.3) is 5.69 Å². The van der Waals surface area contributed by atoms with Crippen LogP contribution in [0.1, 0.15) is 5.56 Å². The summed E-state index contributed by atoms with van der Waals surface area (Å²) < 4.78 is 0. The number of nitrogens with zero attached hydrogens (tertiary/aromatic N) is 1. The SMILES string of the molecule is N[C@@](CO)(NCc1cc([N+](=O)[O-])cc2[nH]c(=O)c(=O)[nH]c12)C(=O)O. The Bertz CT molecular complexity index is 934. The van der Waals surface area contributed by atoms with Crippen molar-refractivity contribution in [2.75, 3.05) is 6.61 Å². The topological polar surface area (TPSA) is 204 Å². The van der Waals surface area contributed by atoms with Gasteiger partial charge in [-0.15, -0.1) is 0 Å². The summed E-state index contributed by atoms with van der Waals surface area (Å²) in [5.41, 5.74) is 1.10. The molecule has 0 saturated carbocycles. The lowest BCUT2D eigenvalue weighted by molar-refractivity contribution is -0.384. The van der Waals surface area contributed by atoms with E-state index in [9.17, 15) is 24.5 Å². The molecule has 2 aromatic rings. The lowest BCUT2D eigenvalue weighted by Crippen LogP contribution is -2.62. The molecule has 1 aromatic heterocycles. The summed E-state index contributed by atoms with van der Waals surface area (Å²) in [4.78, 5) is 48.6. The Labute approximate surface area is 132 Å². The predicted octanol–water partition coefficient (Wildman–Crippen LogP) is -2.05. The fourth-order valence-corrected chi connectivity index (χ4v) is 1.98. The second-order valence-corrected chi connectivity index (χ2v) is 4.98.